The third kappa shape index (κ3) is 8.85. The minimum atomic E-state index is 0.0802. The van der Waals surface area contributed by atoms with Gasteiger partial charge in [0.2, 0.25) is 11.8 Å². The van der Waals surface area contributed by atoms with Crippen molar-refractivity contribution < 1.29 is 9.59 Å². The summed E-state index contributed by atoms with van der Waals surface area (Å²) in [5, 5.41) is 5.86. The van der Waals surface area contributed by atoms with E-state index in [9.17, 15) is 9.59 Å². The SMILES string of the molecule is Cc1ccc(NC(=O)CCCCCCCCC(=O)Nc2ccc(C)cc2)cc1. The van der Waals surface area contributed by atoms with E-state index in [-0.39, 0.29) is 11.8 Å². The minimum Gasteiger partial charge on any atom is -0.326 e. The summed E-state index contributed by atoms with van der Waals surface area (Å²) < 4.78 is 0. The number of nitrogens with one attached hydrogen (secondary N) is 2. The molecule has 0 radical (unpaired) electrons. The van der Waals surface area contributed by atoms with Crippen LogP contribution in [0.25, 0.3) is 0 Å². The van der Waals surface area contributed by atoms with E-state index >= 15 is 0 Å². The van der Waals surface area contributed by atoms with Crippen LogP contribution in [0.3, 0.4) is 0 Å². The fraction of sp³-hybridized carbons (Fsp3) is 0.417. The van der Waals surface area contributed by atoms with Crippen LogP contribution in [0, 0.1) is 13.8 Å². The van der Waals surface area contributed by atoms with Gasteiger partial charge in [-0.15, -0.1) is 0 Å². The van der Waals surface area contributed by atoms with Crippen LogP contribution in [0.1, 0.15) is 62.5 Å². The molecule has 150 valence electrons. The maximum Gasteiger partial charge on any atom is 0.224 e. The van der Waals surface area contributed by atoms with E-state index in [2.05, 4.69) is 10.6 Å². The van der Waals surface area contributed by atoms with Crippen molar-refractivity contribution >= 4 is 23.2 Å². The lowest BCUT2D eigenvalue weighted by molar-refractivity contribution is -0.117. The van der Waals surface area contributed by atoms with Gasteiger partial charge in [-0.2, -0.15) is 0 Å². The maximum absolute atomic E-state index is 11.9. The molecule has 0 aliphatic carbocycles. The van der Waals surface area contributed by atoms with E-state index in [1.165, 1.54) is 11.1 Å². The Morgan fingerprint density at radius 2 is 0.893 bits per heavy atom. The Bertz CT molecular complexity index is 671. The molecule has 2 N–H and O–H groups in total. The second-order valence-corrected chi connectivity index (χ2v) is 7.45. The molecule has 0 bridgehead atoms. The molecule has 0 saturated carbocycles. The highest BCUT2D eigenvalue weighted by atomic mass is 16.2. The van der Waals surface area contributed by atoms with Gasteiger partial charge < -0.3 is 10.6 Å². The van der Waals surface area contributed by atoms with Crippen LogP contribution < -0.4 is 10.6 Å². The molecule has 2 rings (SSSR count). The Morgan fingerprint density at radius 1 is 0.571 bits per heavy atom. The van der Waals surface area contributed by atoms with Gasteiger partial charge in [0.05, 0.1) is 0 Å². The number of rotatable bonds is 11. The van der Waals surface area contributed by atoms with Gasteiger partial charge in [0.25, 0.3) is 0 Å². The summed E-state index contributed by atoms with van der Waals surface area (Å²) in [7, 11) is 0. The van der Waals surface area contributed by atoms with Gasteiger partial charge in [0.1, 0.15) is 0 Å². The van der Waals surface area contributed by atoms with Crippen LogP contribution in [0.15, 0.2) is 48.5 Å². The number of aryl methyl sites for hydroxylation is 2. The summed E-state index contributed by atoms with van der Waals surface area (Å²) in [5.74, 6) is 0.160. The lowest BCUT2D eigenvalue weighted by atomic mass is 10.1. The van der Waals surface area contributed by atoms with Gasteiger partial charge in [-0.05, 0) is 51.0 Å². The zero-order chi connectivity index (χ0) is 20.2. The fourth-order valence-corrected chi connectivity index (χ4v) is 3.00. The molecule has 0 spiro atoms. The number of anilines is 2. The number of hydrogen-bond donors (Lipinski definition) is 2. The molecule has 28 heavy (non-hydrogen) atoms. The van der Waals surface area contributed by atoms with Crippen molar-refractivity contribution in [2.24, 2.45) is 0 Å². The number of benzene rings is 2. The van der Waals surface area contributed by atoms with E-state index < -0.39 is 0 Å². The van der Waals surface area contributed by atoms with E-state index in [1.807, 2.05) is 62.4 Å². The van der Waals surface area contributed by atoms with Crippen LogP contribution >= 0.6 is 0 Å². The molecule has 0 fully saturated rings. The first kappa shape index (κ1) is 21.7. The van der Waals surface area contributed by atoms with Crippen molar-refractivity contribution in [3.63, 3.8) is 0 Å². The smallest absolute Gasteiger partial charge is 0.224 e. The first-order valence-corrected chi connectivity index (χ1v) is 10.3. The number of carbonyl (C=O) groups excluding carboxylic acids is 2. The molecule has 0 saturated heterocycles. The Morgan fingerprint density at radius 3 is 1.25 bits per heavy atom. The average Bonchev–Trinajstić information content (AvgIpc) is 2.67. The lowest BCUT2D eigenvalue weighted by Crippen LogP contribution is -2.11. The molecule has 2 aromatic carbocycles. The Hall–Kier alpha value is -2.62. The molecule has 2 amide bonds. The minimum absolute atomic E-state index is 0.0802. The van der Waals surface area contributed by atoms with Gasteiger partial charge in [-0.1, -0.05) is 61.1 Å². The monoisotopic (exact) mass is 380 g/mol. The standard InChI is InChI=1S/C24H32N2O2/c1-19-11-15-21(16-12-19)25-23(27)9-7-5-3-4-6-8-10-24(28)26-22-17-13-20(2)14-18-22/h11-18H,3-10H2,1-2H3,(H,25,27)(H,26,28). The second-order valence-electron chi connectivity index (χ2n) is 7.45. The largest absolute Gasteiger partial charge is 0.326 e. The van der Waals surface area contributed by atoms with Crippen molar-refractivity contribution in [2.45, 2.75) is 65.2 Å². The molecule has 0 unspecified atom stereocenters. The predicted octanol–water partition coefficient (Wildman–Crippen LogP) is 6.00. The molecule has 0 heterocycles. The van der Waals surface area contributed by atoms with Crippen molar-refractivity contribution in [3.8, 4) is 0 Å². The first-order valence-electron chi connectivity index (χ1n) is 10.3. The summed E-state index contributed by atoms with van der Waals surface area (Å²) in [6.07, 6.45) is 7.26. The number of hydrogen-bond acceptors (Lipinski definition) is 2. The molecular weight excluding hydrogens is 348 g/mol. The van der Waals surface area contributed by atoms with Crippen LogP contribution in [0.4, 0.5) is 11.4 Å². The first-order chi connectivity index (χ1) is 13.5. The van der Waals surface area contributed by atoms with Crippen LogP contribution in [0.2, 0.25) is 0 Å². The Labute approximate surface area is 168 Å². The molecular formula is C24H32N2O2. The molecule has 4 heteroatoms. The van der Waals surface area contributed by atoms with Crippen LogP contribution in [-0.4, -0.2) is 11.8 Å². The third-order valence-electron chi connectivity index (χ3n) is 4.73. The number of carbonyl (C=O) groups is 2. The van der Waals surface area contributed by atoms with Gasteiger partial charge in [0, 0.05) is 24.2 Å². The fourth-order valence-electron chi connectivity index (χ4n) is 3.00. The third-order valence-corrected chi connectivity index (χ3v) is 4.73. The van der Waals surface area contributed by atoms with Crippen LogP contribution in [-0.2, 0) is 9.59 Å². The van der Waals surface area contributed by atoms with Crippen molar-refractivity contribution in [3.05, 3.63) is 59.7 Å². The molecule has 0 aliphatic heterocycles. The quantitative estimate of drug-likeness (QED) is 0.470. The average molecular weight is 381 g/mol. The molecule has 2 aromatic rings. The van der Waals surface area contributed by atoms with Gasteiger partial charge in [-0.25, -0.2) is 0 Å². The van der Waals surface area contributed by atoms with E-state index in [0.717, 1.165) is 49.9 Å². The van der Waals surface area contributed by atoms with E-state index in [4.69, 9.17) is 0 Å². The van der Waals surface area contributed by atoms with E-state index in [0.29, 0.717) is 12.8 Å². The highest BCUT2D eigenvalue weighted by Gasteiger charge is 2.04. The van der Waals surface area contributed by atoms with E-state index in [1.54, 1.807) is 0 Å². The summed E-state index contributed by atoms with van der Waals surface area (Å²) in [5.41, 5.74) is 4.09. The van der Waals surface area contributed by atoms with Gasteiger partial charge >= 0.3 is 0 Å². The molecule has 0 atom stereocenters. The predicted molar refractivity (Wildman–Crippen MR) is 117 cm³/mol. The Balaban J connectivity index is 1.45. The molecule has 0 aliphatic rings. The maximum atomic E-state index is 11.9. The van der Waals surface area contributed by atoms with Crippen LogP contribution in [0.5, 0.6) is 0 Å². The van der Waals surface area contributed by atoms with Gasteiger partial charge in [-0.3, -0.25) is 9.59 Å². The zero-order valence-corrected chi connectivity index (χ0v) is 17.1. The van der Waals surface area contributed by atoms with Crippen molar-refractivity contribution in [1.29, 1.82) is 0 Å². The summed E-state index contributed by atoms with van der Waals surface area (Å²) in [6.45, 7) is 4.06. The summed E-state index contributed by atoms with van der Waals surface area (Å²) in [4.78, 5) is 23.8. The highest BCUT2D eigenvalue weighted by Crippen LogP contribution is 2.13. The lowest BCUT2D eigenvalue weighted by Gasteiger charge is -2.06. The molecule has 4 nitrogen and oxygen atoms in total. The highest BCUT2D eigenvalue weighted by molar-refractivity contribution is 5.91. The normalized spacial score (nSPS) is 10.5. The zero-order valence-electron chi connectivity index (χ0n) is 17.1. The van der Waals surface area contributed by atoms with Crippen molar-refractivity contribution in [1.82, 2.24) is 0 Å². The topological polar surface area (TPSA) is 58.2 Å². The van der Waals surface area contributed by atoms with Gasteiger partial charge in [0.15, 0.2) is 0 Å². The summed E-state index contributed by atoms with van der Waals surface area (Å²) >= 11 is 0. The number of unbranched alkanes of at least 4 members (excludes halogenated alkanes) is 5. The molecule has 0 aromatic heterocycles. The second kappa shape index (κ2) is 12.0. The Kier molecular flexibility index (Phi) is 9.26. The number of amides is 2. The van der Waals surface area contributed by atoms with Crippen molar-refractivity contribution in [2.75, 3.05) is 10.6 Å². The summed E-state index contributed by atoms with van der Waals surface area (Å²) in [6, 6.07) is 15.7.